The van der Waals surface area contributed by atoms with Crippen molar-refractivity contribution in [1.29, 1.82) is 0 Å². The molecule has 0 amide bonds. The minimum atomic E-state index is -4.33. The van der Waals surface area contributed by atoms with Crippen LogP contribution in [-0.2, 0) is 0 Å². The van der Waals surface area contributed by atoms with Crippen LogP contribution in [0.1, 0.15) is 105 Å². The van der Waals surface area contributed by atoms with E-state index in [4.69, 9.17) is 0 Å². The van der Waals surface area contributed by atoms with Crippen molar-refractivity contribution in [3.8, 4) is 0 Å². The van der Waals surface area contributed by atoms with Crippen LogP contribution in [0.2, 0.25) is 0 Å². The van der Waals surface area contributed by atoms with Crippen LogP contribution in [-0.4, -0.2) is 27.6 Å². The monoisotopic (exact) mass is 470 g/mol. The molecule has 3 fully saturated rings. The van der Waals surface area contributed by atoms with E-state index in [1.165, 1.54) is 31.8 Å². The van der Waals surface area contributed by atoms with E-state index in [-0.39, 0.29) is 17.3 Å². The number of hydrogen-bond acceptors (Lipinski definition) is 2. The predicted molar refractivity (Wildman–Crippen MR) is 126 cm³/mol. The molecule has 9 atom stereocenters. The molecule has 2 N–H and O–H groups in total. The summed E-state index contributed by atoms with van der Waals surface area (Å²) in [5, 5.41) is 21.0. The normalized spacial score (nSPS) is 45.9. The van der Waals surface area contributed by atoms with E-state index in [1.807, 2.05) is 6.92 Å². The van der Waals surface area contributed by atoms with E-state index in [0.29, 0.717) is 36.0 Å². The number of alkyl halides is 3. The van der Waals surface area contributed by atoms with Crippen LogP contribution in [0, 0.1) is 40.4 Å². The molecule has 4 aliphatic rings. The molecule has 0 saturated heterocycles. The molecule has 190 valence electrons. The molecule has 0 spiro atoms. The van der Waals surface area contributed by atoms with E-state index in [0.717, 1.165) is 32.1 Å². The minimum absolute atomic E-state index is 0.209. The highest BCUT2D eigenvalue weighted by Crippen LogP contribution is 2.67. The molecule has 0 aliphatic heterocycles. The number of hydrogen-bond donors (Lipinski definition) is 2. The lowest BCUT2D eigenvalue weighted by molar-refractivity contribution is -0.174. The molecular weight excluding hydrogens is 425 g/mol. The largest absolute Gasteiger partial charge is 0.391 e. The van der Waals surface area contributed by atoms with Gasteiger partial charge >= 0.3 is 6.18 Å². The summed E-state index contributed by atoms with van der Waals surface area (Å²) < 4.78 is 38.5. The highest BCUT2D eigenvalue weighted by molar-refractivity contribution is 5.26. The van der Waals surface area contributed by atoms with Gasteiger partial charge in [0.2, 0.25) is 0 Å². The predicted octanol–water partition coefficient (Wildman–Crippen LogP) is 7.44. The Balaban J connectivity index is 1.46. The molecule has 2 nitrogen and oxygen atoms in total. The second kappa shape index (κ2) is 8.25. The van der Waals surface area contributed by atoms with Gasteiger partial charge in [-0.25, -0.2) is 0 Å². The first-order valence-electron chi connectivity index (χ1n) is 13.3. The first-order chi connectivity index (χ1) is 15.1. The molecule has 0 unspecified atom stereocenters. The molecule has 4 aliphatic carbocycles. The van der Waals surface area contributed by atoms with Gasteiger partial charge in [0.25, 0.3) is 0 Å². The van der Waals surface area contributed by atoms with Gasteiger partial charge in [-0.2, -0.15) is 13.2 Å². The number of halogens is 3. The summed E-state index contributed by atoms with van der Waals surface area (Å²) in [6.07, 6.45) is 6.57. The molecule has 0 heterocycles. The number of rotatable bonds is 5. The molecule has 4 rings (SSSR count). The number of allylic oxidation sites excluding steroid dienone is 1. The van der Waals surface area contributed by atoms with E-state index >= 15 is 0 Å². The first-order valence-corrected chi connectivity index (χ1v) is 13.3. The molecule has 0 bridgehead atoms. The first kappa shape index (κ1) is 25.5. The summed E-state index contributed by atoms with van der Waals surface area (Å²) in [6, 6.07) is 0. The van der Waals surface area contributed by atoms with Crippen LogP contribution in [0.5, 0.6) is 0 Å². The lowest BCUT2D eigenvalue weighted by Crippen LogP contribution is -2.52. The maximum atomic E-state index is 12.8. The van der Waals surface area contributed by atoms with Gasteiger partial charge in [0.1, 0.15) is 0 Å². The van der Waals surface area contributed by atoms with Gasteiger partial charge in [-0.3, -0.25) is 0 Å². The van der Waals surface area contributed by atoms with Crippen molar-refractivity contribution in [2.45, 2.75) is 123 Å². The Kier molecular flexibility index (Phi) is 6.39. The Morgan fingerprint density at radius 1 is 1.06 bits per heavy atom. The van der Waals surface area contributed by atoms with Crippen molar-refractivity contribution in [3.63, 3.8) is 0 Å². The summed E-state index contributed by atoms with van der Waals surface area (Å²) in [5.74, 6) is 2.90. The summed E-state index contributed by atoms with van der Waals surface area (Å²) >= 11 is 0. The van der Waals surface area contributed by atoms with Crippen molar-refractivity contribution >= 4 is 0 Å². The maximum absolute atomic E-state index is 12.8. The third-order valence-corrected chi connectivity index (χ3v) is 10.9. The Morgan fingerprint density at radius 3 is 2.42 bits per heavy atom. The van der Waals surface area contributed by atoms with Gasteiger partial charge in [-0.15, -0.1) is 0 Å². The van der Waals surface area contributed by atoms with Crippen molar-refractivity contribution in [3.05, 3.63) is 11.6 Å². The zero-order valence-corrected chi connectivity index (χ0v) is 21.3. The lowest BCUT2D eigenvalue weighted by atomic mass is 9.46. The van der Waals surface area contributed by atoms with Crippen LogP contribution < -0.4 is 0 Å². The van der Waals surface area contributed by atoms with Gasteiger partial charge < -0.3 is 10.2 Å². The van der Waals surface area contributed by atoms with Gasteiger partial charge in [-0.05, 0) is 118 Å². The lowest BCUT2D eigenvalue weighted by Gasteiger charge is -2.59. The van der Waals surface area contributed by atoms with Crippen LogP contribution in [0.15, 0.2) is 11.6 Å². The topological polar surface area (TPSA) is 40.5 Å². The Labute approximate surface area is 198 Å². The summed E-state index contributed by atoms with van der Waals surface area (Å²) in [5.41, 5.74) is -0.295. The SMILES string of the molecule is C[C@H](CC[C@@](C)(O)CC(F)(F)F)[C@H]1CC[C@H]2[C@@H]3CC=C4C[C@@](C)(O)CC[C@]4(C)[C@H]3CC[C@]12C. The molecular formula is C28H45F3O2. The van der Waals surface area contributed by atoms with Crippen molar-refractivity contribution in [2.24, 2.45) is 40.4 Å². The van der Waals surface area contributed by atoms with E-state index in [9.17, 15) is 23.4 Å². The minimum Gasteiger partial charge on any atom is -0.390 e. The van der Waals surface area contributed by atoms with Crippen molar-refractivity contribution < 1.29 is 23.4 Å². The second-order valence-electron chi connectivity index (χ2n) is 13.5. The molecule has 0 aromatic heterocycles. The summed E-state index contributed by atoms with van der Waals surface area (Å²) in [7, 11) is 0. The second-order valence-corrected chi connectivity index (χ2v) is 13.5. The molecule has 0 radical (unpaired) electrons. The van der Waals surface area contributed by atoms with Gasteiger partial charge in [0, 0.05) is 0 Å². The zero-order valence-electron chi connectivity index (χ0n) is 21.3. The summed E-state index contributed by atoms with van der Waals surface area (Å²) in [6.45, 7) is 10.4. The maximum Gasteiger partial charge on any atom is 0.391 e. The average molecular weight is 471 g/mol. The third-order valence-electron chi connectivity index (χ3n) is 10.9. The van der Waals surface area contributed by atoms with E-state index < -0.39 is 23.8 Å². The van der Waals surface area contributed by atoms with E-state index in [2.05, 4.69) is 26.8 Å². The quantitative estimate of drug-likeness (QED) is 0.410. The third kappa shape index (κ3) is 4.79. The summed E-state index contributed by atoms with van der Waals surface area (Å²) in [4.78, 5) is 0. The fraction of sp³-hybridized carbons (Fsp3) is 0.929. The molecule has 33 heavy (non-hydrogen) atoms. The van der Waals surface area contributed by atoms with E-state index in [1.54, 1.807) is 0 Å². The molecule has 0 aromatic rings. The number of fused-ring (bicyclic) bond motifs is 5. The van der Waals surface area contributed by atoms with Gasteiger partial charge in [0.05, 0.1) is 17.6 Å². The molecule has 3 saturated carbocycles. The van der Waals surface area contributed by atoms with Crippen molar-refractivity contribution in [2.75, 3.05) is 0 Å². The molecule has 5 heteroatoms. The highest BCUT2D eigenvalue weighted by Gasteiger charge is 2.59. The Bertz CT molecular complexity index is 770. The zero-order chi connectivity index (χ0) is 24.4. The van der Waals surface area contributed by atoms with Gasteiger partial charge in [-0.1, -0.05) is 32.4 Å². The highest BCUT2D eigenvalue weighted by atomic mass is 19.4. The average Bonchev–Trinajstić information content (AvgIpc) is 3.02. The van der Waals surface area contributed by atoms with Crippen LogP contribution >= 0.6 is 0 Å². The number of aliphatic hydroxyl groups is 2. The fourth-order valence-corrected chi connectivity index (χ4v) is 9.04. The smallest absolute Gasteiger partial charge is 0.390 e. The van der Waals surface area contributed by atoms with Crippen LogP contribution in [0.3, 0.4) is 0 Å². The Morgan fingerprint density at radius 2 is 1.76 bits per heavy atom. The molecule has 0 aromatic carbocycles. The fourth-order valence-electron chi connectivity index (χ4n) is 9.04. The standard InChI is InChI=1S/C28H45F3O2/c1-18(10-12-25(3,33)17-28(29,30)31)21-8-9-22-20-7-6-19-16-24(2,32)14-15-26(19,4)23(20)11-13-27(21,22)5/h6,18,20-23,32-33H,7-17H2,1-5H3/t18-,20+,21-,22+,23+,24+,25-,26+,27-/m1/s1. The van der Waals surface area contributed by atoms with Crippen LogP contribution in [0.25, 0.3) is 0 Å². The van der Waals surface area contributed by atoms with Crippen LogP contribution in [0.4, 0.5) is 13.2 Å². The Hall–Kier alpha value is -0.550. The van der Waals surface area contributed by atoms with Gasteiger partial charge in [0.15, 0.2) is 0 Å². The van der Waals surface area contributed by atoms with Crippen molar-refractivity contribution in [1.82, 2.24) is 0 Å².